The zero-order valence-corrected chi connectivity index (χ0v) is 16.3. The van der Waals surface area contributed by atoms with Crippen molar-refractivity contribution in [2.75, 3.05) is 26.2 Å². The van der Waals surface area contributed by atoms with Gasteiger partial charge < -0.3 is 14.0 Å². The van der Waals surface area contributed by atoms with E-state index in [2.05, 4.69) is 38.1 Å². The van der Waals surface area contributed by atoms with E-state index >= 15 is 0 Å². The van der Waals surface area contributed by atoms with Crippen LogP contribution in [0.2, 0.25) is 0 Å². The number of rotatable bonds is 8. The maximum atomic E-state index is 12.8. The van der Waals surface area contributed by atoms with E-state index in [-0.39, 0.29) is 41.7 Å². The molecular formula is C22H30NO4+. The third kappa shape index (κ3) is 3.27. The van der Waals surface area contributed by atoms with Gasteiger partial charge in [0.1, 0.15) is 25.8 Å². The molecule has 0 radical (unpaired) electrons. The molecule has 1 heterocycles. The minimum absolute atomic E-state index is 0.0620. The standard InChI is InChI=1S/C22H30NO4/c1-3-23(4-2,14-15-8-6-5-7-9-15)10-11-26-21(24)19-16-12-17-18(13-16)27-22(25)20(17)19/h5-9,16-20H,3-4,10-14H2,1-2H3/q+1/t16-,17-,18+,19+,20-/m0/s1. The quantitative estimate of drug-likeness (QED) is 0.520. The number of carbonyl (C=O) groups excluding carboxylic acids is 2. The minimum Gasteiger partial charge on any atom is -0.462 e. The maximum Gasteiger partial charge on any atom is 0.310 e. The van der Waals surface area contributed by atoms with Crippen molar-refractivity contribution < 1.29 is 23.5 Å². The highest BCUT2D eigenvalue weighted by molar-refractivity contribution is 5.85. The van der Waals surface area contributed by atoms with E-state index in [0.717, 1.165) is 43.5 Å². The average molecular weight is 372 g/mol. The highest BCUT2D eigenvalue weighted by Crippen LogP contribution is 2.57. The highest BCUT2D eigenvalue weighted by atomic mass is 16.6. The Morgan fingerprint density at radius 2 is 1.93 bits per heavy atom. The number of quaternary nitrogens is 1. The maximum absolute atomic E-state index is 12.8. The normalized spacial score (nSPS) is 31.2. The van der Waals surface area contributed by atoms with E-state index < -0.39 is 0 Å². The van der Waals surface area contributed by atoms with Crippen LogP contribution in [0.1, 0.15) is 32.3 Å². The molecule has 27 heavy (non-hydrogen) atoms. The number of likely N-dealkylation sites (N-methyl/N-ethyl adjacent to an activating group) is 1. The molecule has 1 aromatic rings. The van der Waals surface area contributed by atoms with Gasteiger partial charge in [0, 0.05) is 11.5 Å². The SMILES string of the molecule is CC[N+](CC)(CCOC(=O)[C@@H]1[C@H]2C[C@@H]3[C@@H]1C(=O)O[C@@H]3C2)Cc1ccccc1. The van der Waals surface area contributed by atoms with E-state index in [4.69, 9.17) is 9.47 Å². The molecule has 0 N–H and O–H groups in total. The van der Waals surface area contributed by atoms with E-state index in [0.29, 0.717) is 6.61 Å². The number of hydrogen-bond donors (Lipinski definition) is 0. The summed E-state index contributed by atoms with van der Waals surface area (Å²) in [5.74, 6) is -0.370. The molecule has 1 saturated heterocycles. The van der Waals surface area contributed by atoms with Crippen LogP contribution >= 0.6 is 0 Å². The Labute approximate surface area is 161 Å². The van der Waals surface area contributed by atoms with Gasteiger partial charge in [-0.2, -0.15) is 0 Å². The van der Waals surface area contributed by atoms with Crippen LogP contribution in [0.25, 0.3) is 0 Å². The summed E-state index contributed by atoms with van der Waals surface area (Å²) in [6.45, 7) is 8.52. The third-order valence-electron chi connectivity index (χ3n) is 7.27. The largest absolute Gasteiger partial charge is 0.462 e. The summed E-state index contributed by atoms with van der Waals surface area (Å²) < 4.78 is 12.0. The Morgan fingerprint density at radius 1 is 1.19 bits per heavy atom. The van der Waals surface area contributed by atoms with Crippen LogP contribution in [0.3, 0.4) is 0 Å². The van der Waals surface area contributed by atoms with Gasteiger partial charge in [0.2, 0.25) is 0 Å². The summed E-state index contributed by atoms with van der Waals surface area (Å²) in [5, 5.41) is 0. The zero-order chi connectivity index (χ0) is 19.0. The van der Waals surface area contributed by atoms with Crippen LogP contribution in [0, 0.1) is 23.7 Å². The fourth-order valence-corrected chi connectivity index (χ4v) is 5.57. The molecule has 146 valence electrons. The van der Waals surface area contributed by atoms with E-state index in [9.17, 15) is 9.59 Å². The average Bonchev–Trinajstić information content (AvgIpc) is 3.30. The number of benzene rings is 1. The highest BCUT2D eigenvalue weighted by Gasteiger charge is 2.64. The molecule has 0 aromatic heterocycles. The van der Waals surface area contributed by atoms with Crippen LogP contribution in [0.5, 0.6) is 0 Å². The molecule has 2 bridgehead atoms. The van der Waals surface area contributed by atoms with Crippen LogP contribution in [0.15, 0.2) is 30.3 Å². The Hall–Kier alpha value is -1.88. The number of hydrogen-bond acceptors (Lipinski definition) is 4. The van der Waals surface area contributed by atoms with Crippen LogP contribution in [0.4, 0.5) is 0 Å². The number of esters is 2. The molecule has 0 unspecified atom stereocenters. The van der Waals surface area contributed by atoms with Crippen molar-refractivity contribution in [2.24, 2.45) is 23.7 Å². The number of fused-ring (bicyclic) bond motifs is 1. The number of nitrogens with zero attached hydrogens (tertiary/aromatic N) is 1. The number of ether oxygens (including phenoxy) is 2. The molecule has 3 fully saturated rings. The van der Waals surface area contributed by atoms with Gasteiger partial charge in [0.05, 0.1) is 24.9 Å². The van der Waals surface area contributed by atoms with Crippen molar-refractivity contribution in [2.45, 2.75) is 39.3 Å². The topological polar surface area (TPSA) is 52.6 Å². The summed E-state index contributed by atoms with van der Waals surface area (Å²) in [7, 11) is 0. The lowest BCUT2D eigenvalue weighted by molar-refractivity contribution is -0.937. The first kappa shape index (κ1) is 18.5. The first-order valence-corrected chi connectivity index (χ1v) is 10.3. The van der Waals surface area contributed by atoms with Gasteiger partial charge in [-0.1, -0.05) is 30.3 Å². The summed E-state index contributed by atoms with van der Waals surface area (Å²) in [6, 6.07) is 10.5. The minimum atomic E-state index is -0.277. The van der Waals surface area contributed by atoms with Crippen molar-refractivity contribution >= 4 is 11.9 Å². The van der Waals surface area contributed by atoms with Crippen molar-refractivity contribution in [3.63, 3.8) is 0 Å². The Morgan fingerprint density at radius 3 is 2.63 bits per heavy atom. The van der Waals surface area contributed by atoms with Crippen LogP contribution < -0.4 is 0 Å². The molecule has 2 aliphatic carbocycles. The molecule has 4 rings (SSSR count). The van der Waals surface area contributed by atoms with Crippen molar-refractivity contribution in [1.82, 2.24) is 0 Å². The molecule has 5 nitrogen and oxygen atoms in total. The van der Waals surface area contributed by atoms with E-state index in [1.807, 2.05) is 6.07 Å². The summed E-state index contributed by atoms with van der Waals surface area (Å²) in [6.07, 6.45) is 1.84. The van der Waals surface area contributed by atoms with E-state index in [1.165, 1.54) is 5.56 Å². The summed E-state index contributed by atoms with van der Waals surface area (Å²) >= 11 is 0. The summed E-state index contributed by atoms with van der Waals surface area (Å²) in [5.41, 5.74) is 1.31. The van der Waals surface area contributed by atoms with E-state index in [1.54, 1.807) is 0 Å². The smallest absolute Gasteiger partial charge is 0.310 e. The predicted molar refractivity (Wildman–Crippen MR) is 100 cm³/mol. The molecule has 1 aliphatic heterocycles. The van der Waals surface area contributed by atoms with Gasteiger partial charge in [-0.15, -0.1) is 0 Å². The molecule has 1 aromatic carbocycles. The Bertz CT molecular complexity index is 698. The van der Waals surface area contributed by atoms with Gasteiger partial charge >= 0.3 is 11.9 Å². The predicted octanol–water partition coefficient (Wildman–Crippen LogP) is 2.78. The first-order chi connectivity index (χ1) is 13.1. The van der Waals surface area contributed by atoms with Gasteiger partial charge in [-0.3, -0.25) is 9.59 Å². The molecule has 5 atom stereocenters. The lowest BCUT2D eigenvalue weighted by atomic mass is 9.80. The van der Waals surface area contributed by atoms with Gasteiger partial charge in [0.25, 0.3) is 0 Å². The molecular weight excluding hydrogens is 342 g/mol. The Kier molecular flexibility index (Phi) is 4.97. The number of carbonyl (C=O) groups is 2. The second-order valence-corrected chi connectivity index (χ2v) is 8.43. The van der Waals surface area contributed by atoms with Crippen LogP contribution in [-0.2, 0) is 25.6 Å². The van der Waals surface area contributed by atoms with Gasteiger partial charge in [0.15, 0.2) is 0 Å². The molecule has 2 saturated carbocycles. The second kappa shape index (κ2) is 7.27. The monoisotopic (exact) mass is 372 g/mol. The van der Waals surface area contributed by atoms with Crippen LogP contribution in [-0.4, -0.2) is 48.8 Å². The molecule has 5 heteroatoms. The fraction of sp³-hybridized carbons (Fsp3) is 0.636. The molecule has 0 amide bonds. The third-order valence-corrected chi connectivity index (χ3v) is 7.27. The van der Waals surface area contributed by atoms with Crippen molar-refractivity contribution in [1.29, 1.82) is 0 Å². The first-order valence-electron chi connectivity index (χ1n) is 10.3. The summed E-state index contributed by atoms with van der Waals surface area (Å²) in [4.78, 5) is 24.9. The van der Waals surface area contributed by atoms with Gasteiger partial charge in [-0.25, -0.2) is 0 Å². The Balaban J connectivity index is 1.35. The second-order valence-electron chi connectivity index (χ2n) is 8.43. The lowest BCUT2D eigenvalue weighted by Gasteiger charge is -2.37. The van der Waals surface area contributed by atoms with Crippen molar-refractivity contribution in [3.05, 3.63) is 35.9 Å². The fourth-order valence-electron chi connectivity index (χ4n) is 5.57. The molecule has 3 aliphatic rings. The lowest BCUT2D eigenvalue weighted by Crippen LogP contribution is -2.49. The van der Waals surface area contributed by atoms with Crippen molar-refractivity contribution in [3.8, 4) is 0 Å². The van der Waals surface area contributed by atoms with Gasteiger partial charge in [-0.05, 0) is 32.6 Å². The molecule has 0 spiro atoms. The zero-order valence-electron chi connectivity index (χ0n) is 16.3.